The summed E-state index contributed by atoms with van der Waals surface area (Å²) in [5.41, 5.74) is 3.32. The Labute approximate surface area is 109 Å². The lowest BCUT2D eigenvalue weighted by atomic mass is 10.1. The van der Waals surface area contributed by atoms with Crippen molar-refractivity contribution < 1.29 is 0 Å². The highest BCUT2D eigenvalue weighted by atomic mass is 14.9. The lowest BCUT2D eigenvalue weighted by Crippen LogP contribution is -2.02. The van der Waals surface area contributed by atoms with Crippen LogP contribution in [0.4, 0.5) is 5.69 Å². The molecule has 2 heteroatoms. The quantitative estimate of drug-likeness (QED) is 0.752. The van der Waals surface area contributed by atoms with Crippen LogP contribution < -0.4 is 5.32 Å². The van der Waals surface area contributed by atoms with E-state index in [-0.39, 0.29) is 0 Å². The van der Waals surface area contributed by atoms with Crippen molar-refractivity contribution in [3.8, 4) is 0 Å². The van der Waals surface area contributed by atoms with Crippen molar-refractivity contribution in [1.29, 1.82) is 0 Å². The highest BCUT2D eigenvalue weighted by molar-refractivity contribution is 5.90. The number of aryl methyl sites for hydroxylation is 1. The van der Waals surface area contributed by atoms with Gasteiger partial charge in [-0.05, 0) is 25.5 Å². The molecule has 2 rings (SSSR count). The topological polar surface area (TPSA) is 24.9 Å². The Morgan fingerprint density at radius 1 is 1.06 bits per heavy atom. The Bertz CT molecular complexity index is 505. The average molecular weight is 242 g/mol. The van der Waals surface area contributed by atoms with Gasteiger partial charge in [-0.25, -0.2) is 0 Å². The molecule has 1 heterocycles. The predicted octanol–water partition coefficient (Wildman–Crippen LogP) is 4.54. The SMILES string of the molecule is CCCCCCNc1cccc2ccc(C)nc12. The Balaban J connectivity index is 2.05. The molecule has 18 heavy (non-hydrogen) atoms. The summed E-state index contributed by atoms with van der Waals surface area (Å²) in [6, 6.07) is 10.5. The maximum Gasteiger partial charge on any atom is 0.0936 e. The third kappa shape index (κ3) is 3.22. The number of aromatic nitrogens is 1. The van der Waals surface area contributed by atoms with Gasteiger partial charge in [0.2, 0.25) is 0 Å². The minimum absolute atomic E-state index is 1.04. The van der Waals surface area contributed by atoms with E-state index in [1.807, 2.05) is 6.92 Å². The second-order valence-corrected chi connectivity index (χ2v) is 4.82. The summed E-state index contributed by atoms with van der Waals surface area (Å²) in [4.78, 5) is 4.63. The lowest BCUT2D eigenvalue weighted by Gasteiger charge is -2.09. The van der Waals surface area contributed by atoms with Crippen LogP contribution >= 0.6 is 0 Å². The molecule has 96 valence electrons. The van der Waals surface area contributed by atoms with Gasteiger partial charge in [0.25, 0.3) is 0 Å². The fourth-order valence-corrected chi connectivity index (χ4v) is 2.16. The summed E-state index contributed by atoms with van der Waals surface area (Å²) in [7, 11) is 0. The average Bonchev–Trinajstić information content (AvgIpc) is 2.39. The number of fused-ring (bicyclic) bond motifs is 1. The van der Waals surface area contributed by atoms with Gasteiger partial charge in [-0.1, -0.05) is 44.4 Å². The first-order valence-electron chi connectivity index (χ1n) is 6.91. The second-order valence-electron chi connectivity index (χ2n) is 4.82. The summed E-state index contributed by atoms with van der Waals surface area (Å²) in [6.07, 6.45) is 5.15. The number of unbranched alkanes of at least 4 members (excludes halogenated alkanes) is 3. The van der Waals surface area contributed by atoms with Crippen molar-refractivity contribution >= 4 is 16.6 Å². The Hall–Kier alpha value is -1.57. The van der Waals surface area contributed by atoms with E-state index >= 15 is 0 Å². The van der Waals surface area contributed by atoms with Crippen LogP contribution in [0.25, 0.3) is 10.9 Å². The van der Waals surface area contributed by atoms with E-state index in [1.165, 1.54) is 31.1 Å². The zero-order valence-electron chi connectivity index (χ0n) is 11.4. The number of rotatable bonds is 6. The highest BCUT2D eigenvalue weighted by Crippen LogP contribution is 2.21. The van der Waals surface area contributed by atoms with Gasteiger partial charge in [0, 0.05) is 17.6 Å². The zero-order valence-corrected chi connectivity index (χ0v) is 11.4. The number of nitrogens with one attached hydrogen (secondary N) is 1. The normalized spacial score (nSPS) is 10.8. The number of hydrogen-bond donors (Lipinski definition) is 1. The fraction of sp³-hybridized carbons (Fsp3) is 0.438. The molecule has 0 unspecified atom stereocenters. The summed E-state index contributed by atoms with van der Waals surface area (Å²) in [5, 5.41) is 4.72. The molecule has 0 fully saturated rings. The molecule has 1 aromatic heterocycles. The number of pyridine rings is 1. The smallest absolute Gasteiger partial charge is 0.0936 e. The third-order valence-electron chi connectivity index (χ3n) is 3.21. The molecule has 0 spiro atoms. The Morgan fingerprint density at radius 2 is 1.94 bits per heavy atom. The van der Waals surface area contributed by atoms with Gasteiger partial charge in [0.1, 0.15) is 0 Å². The molecule has 0 aliphatic heterocycles. The van der Waals surface area contributed by atoms with Gasteiger partial charge in [-0.2, -0.15) is 0 Å². The molecular formula is C16H22N2. The van der Waals surface area contributed by atoms with E-state index in [4.69, 9.17) is 0 Å². The minimum atomic E-state index is 1.04. The Morgan fingerprint density at radius 3 is 2.78 bits per heavy atom. The number of hydrogen-bond acceptors (Lipinski definition) is 2. The maximum absolute atomic E-state index is 4.63. The third-order valence-corrected chi connectivity index (χ3v) is 3.21. The maximum atomic E-state index is 4.63. The molecule has 2 aromatic rings. The molecular weight excluding hydrogens is 220 g/mol. The zero-order chi connectivity index (χ0) is 12.8. The lowest BCUT2D eigenvalue weighted by molar-refractivity contribution is 0.685. The van der Waals surface area contributed by atoms with E-state index in [0.717, 1.165) is 23.4 Å². The molecule has 1 aromatic carbocycles. The number of nitrogens with zero attached hydrogens (tertiary/aromatic N) is 1. The van der Waals surface area contributed by atoms with Gasteiger partial charge < -0.3 is 5.32 Å². The molecule has 2 nitrogen and oxygen atoms in total. The summed E-state index contributed by atoms with van der Waals surface area (Å²) < 4.78 is 0. The molecule has 0 atom stereocenters. The van der Waals surface area contributed by atoms with Crippen molar-refractivity contribution in [2.75, 3.05) is 11.9 Å². The van der Waals surface area contributed by atoms with E-state index in [2.05, 4.69) is 47.6 Å². The minimum Gasteiger partial charge on any atom is -0.383 e. The molecule has 0 saturated carbocycles. The number of para-hydroxylation sites is 1. The standard InChI is InChI=1S/C16H22N2/c1-3-4-5-6-12-17-15-9-7-8-14-11-10-13(2)18-16(14)15/h7-11,17H,3-6,12H2,1-2H3. The first kappa shape index (κ1) is 12.9. The van der Waals surface area contributed by atoms with Crippen molar-refractivity contribution in [2.45, 2.75) is 39.5 Å². The molecule has 0 amide bonds. The van der Waals surface area contributed by atoms with Crippen molar-refractivity contribution in [1.82, 2.24) is 4.98 Å². The van der Waals surface area contributed by atoms with Crippen LogP contribution in [0.3, 0.4) is 0 Å². The van der Waals surface area contributed by atoms with Gasteiger partial charge >= 0.3 is 0 Å². The summed E-state index contributed by atoms with van der Waals surface area (Å²) in [6.45, 7) is 5.32. The van der Waals surface area contributed by atoms with Gasteiger partial charge in [0.15, 0.2) is 0 Å². The summed E-state index contributed by atoms with van der Waals surface area (Å²) in [5.74, 6) is 0. The number of benzene rings is 1. The molecule has 1 N–H and O–H groups in total. The first-order valence-corrected chi connectivity index (χ1v) is 6.91. The monoisotopic (exact) mass is 242 g/mol. The fourth-order valence-electron chi connectivity index (χ4n) is 2.16. The predicted molar refractivity (Wildman–Crippen MR) is 79.1 cm³/mol. The van der Waals surface area contributed by atoms with Crippen LogP contribution in [-0.4, -0.2) is 11.5 Å². The van der Waals surface area contributed by atoms with Gasteiger partial charge in [0.05, 0.1) is 11.2 Å². The largest absolute Gasteiger partial charge is 0.383 e. The molecule has 0 aliphatic carbocycles. The molecule has 0 radical (unpaired) electrons. The van der Waals surface area contributed by atoms with Crippen molar-refractivity contribution in [3.63, 3.8) is 0 Å². The van der Waals surface area contributed by atoms with Crippen LogP contribution in [0.2, 0.25) is 0 Å². The van der Waals surface area contributed by atoms with Crippen LogP contribution in [0.5, 0.6) is 0 Å². The highest BCUT2D eigenvalue weighted by Gasteiger charge is 2.01. The van der Waals surface area contributed by atoms with E-state index in [1.54, 1.807) is 0 Å². The van der Waals surface area contributed by atoms with E-state index < -0.39 is 0 Å². The second kappa shape index (κ2) is 6.39. The van der Waals surface area contributed by atoms with Gasteiger partial charge in [-0.3, -0.25) is 4.98 Å². The van der Waals surface area contributed by atoms with Crippen LogP contribution in [0, 0.1) is 6.92 Å². The van der Waals surface area contributed by atoms with Gasteiger partial charge in [-0.15, -0.1) is 0 Å². The Kier molecular flexibility index (Phi) is 4.57. The molecule has 0 aliphatic rings. The molecule has 0 saturated heterocycles. The molecule has 0 bridgehead atoms. The first-order chi connectivity index (χ1) is 8.81. The number of anilines is 1. The van der Waals surface area contributed by atoms with Crippen molar-refractivity contribution in [3.05, 3.63) is 36.0 Å². The summed E-state index contributed by atoms with van der Waals surface area (Å²) >= 11 is 0. The van der Waals surface area contributed by atoms with E-state index in [0.29, 0.717) is 0 Å². The van der Waals surface area contributed by atoms with Crippen LogP contribution in [-0.2, 0) is 0 Å². The van der Waals surface area contributed by atoms with Crippen LogP contribution in [0.1, 0.15) is 38.3 Å². The van der Waals surface area contributed by atoms with E-state index in [9.17, 15) is 0 Å². The van der Waals surface area contributed by atoms with Crippen molar-refractivity contribution in [2.24, 2.45) is 0 Å². The van der Waals surface area contributed by atoms with Crippen LogP contribution in [0.15, 0.2) is 30.3 Å².